The number of hydrogen-bond acceptors (Lipinski definition) is 4. The average Bonchev–Trinajstić information content (AvgIpc) is 2.36. The zero-order chi connectivity index (χ0) is 13.2. The van der Waals surface area contributed by atoms with Crippen LogP contribution in [0, 0.1) is 6.92 Å². The maximum atomic E-state index is 11.1. The quantitative estimate of drug-likeness (QED) is 0.870. The molecule has 98 valence electrons. The van der Waals surface area contributed by atoms with E-state index in [4.69, 9.17) is 11.6 Å². The second-order valence-corrected chi connectivity index (χ2v) is 6.90. The van der Waals surface area contributed by atoms with Gasteiger partial charge in [0.25, 0.3) is 0 Å². The van der Waals surface area contributed by atoms with Gasteiger partial charge in [-0.25, -0.2) is 8.42 Å². The Hall–Kier alpha value is -0.590. The van der Waals surface area contributed by atoms with Gasteiger partial charge >= 0.3 is 0 Å². The van der Waals surface area contributed by atoms with Crippen LogP contribution < -0.4 is 5.32 Å². The molecule has 0 aromatic carbocycles. The summed E-state index contributed by atoms with van der Waals surface area (Å²) >= 11 is 6.07. The van der Waals surface area contributed by atoms with Crippen molar-refractivity contribution in [1.82, 2.24) is 15.1 Å². The predicted octanol–water partition coefficient (Wildman–Crippen LogP) is 0.905. The van der Waals surface area contributed by atoms with Crippen molar-refractivity contribution in [3.63, 3.8) is 0 Å². The van der Waals surface area contributed by atoms with Crippen molar-refractivity contribution in [3.05, 3.63) is 16.4 Å². The fourth-order valence-electron chi connectivity index (χ4n) is 1.66. The van der Waals surface area contributed by atoms with Crippen molar-refractivity contribution in [2.45, 2.75) is 26.4 Å². The first kappa shape index (κ1) is 14.5. The SMILES string of the molecule is Cc1nn(C)c(Cl)c1CNC(C)CS(C)(=O)=O. The molecule has 7 heteroatoms. The monoisotopic (exact) mass is 279 g/mol. The number of sulfone groups is 1. The van der Waals surface area contributed by atoms with Crippen LogP contribution in [0.5, 0.6) is 0 Å². The summed E-state index contributed by atoms with van der Waals surface area (Å²) in [6.45, 7) is 4.24. The lowest BCUT2D eigenvalue weighted by molar-refractivity contribution is 0.559. The Bertz CT molecular complexity index is 496. The number of aromatic nitrogens is 2. The van der Waals surface area contributed by atoms with E-state index in [1.165, 1.54) is 6.26 Å². The molecule has 1 N–H and O–H groups in total. The predicted molar refractivity (Wildman–Crippen MR) is 69.0 cm³/mol. The minimum Gasteiger partial charge on any atom is -0.309 e. The molecule has 1 rings (SSSR count). The molecule has 1 aromatic rings. The summed E-state index contributed by atoms with van der Waals surface area (Å²) < 4.78 is 23.8. The second-order valence-electron chi connectivity index (χ2n) is 4.35. The summed E-state index contributed by atoms with van der Waals surface area (Å²) in [6, 6.07) is -0.110. The van der Waals surface area contributed by atoms with Crippen LogP contribution in [0.4, 0.5) is 0 Å². The largest absolute Gasteiger partial charge is 0.309 e. The van der Waals surface area contributed by atoms with Gasteiger partial charge in [-0.3, -0.25) is 4.68 Å². The number of rotatable bonds is 5. The lowest BCUT2D eigenvalue weighted by atomic mass is 10.2. The van der Waals surface area contributed by atoms with E-state index in [0.717, 1.165) is 11.3 Å². The molecule has 0 aliphatic rings. The first-order valence-electron chi connectivity index (χ1n) is 5.30. The zero-order valence-corrected chi connectivity index (χ0v) is 12.1. The summed E-state index contributed by atoms with van der Waals surface area (Å²) in [4.78, 5) is 0. The van der Waals surface area contributed by atoms with Gasteiger partial charge < -0.3 is 5.32 Å². The molecule has 1 unspecified atom stereocenters. The molecule has 17 heavy (non-hydrogen) atoms. The minimum absolute atomic E-state index is 0.110. The van der Waals surface area contributed by atoms with Crippen molar-refractivity contribution in [2.24, 2.45) is 7.05 Å². The Kier molecular flexibility index (Phi) is 4.57. The first-order chi connectivity index (χ1) is 7.70. The summed E-state index contributed by atoms with van der Waals surface area (Å²) in [5.74, 6) is 0.115. The molecule has 0 aliphatic carbocycles. The van der Waals surface area contributed by atoms with Crippen LogP contribution in [0.15, 0.2) is 0 Å². The second kappa shape index (κ2) is 5.37. The van der Waals surface area contributed by atoms with Gasteiger partial charge in [-0.15, -0.1) is 0 Å². The third kappa shape index (κ3) is 4.29. The van der Waals surface area contributed by atoms with Crippen LogP contribution in [-0.4, -0.2) is 36.2 Å². The fraction of sp³-hybridized carbons (Fsp3) is 0.700. The lowest BCUT2D eigenvalue weighted by Gasteiger charge is -2.12. The maximum Gasteiger partial charge on any atom is 0.148 e. The van der Waals surface area contributed by atoms with Crippen molar-refractivity contribution < 1.29 is 8.42 Å². The highest BCUT2D eigenvalue weighted by molar-refractivity contribution is 7.90. The molecule has 0 aliphatic heterocycles. The van der Waals surface area contributed by atoms with Crippen LogP contribution in [0.25, 0.3) is 0 Å². The molecular formula is C10H18ClN3O2S. The number of aryl methyl sites for hydroxylation is 2. The number of nitrogens with one attached hydrogen (secondary N) is 1. The standard InChI is InChI=1S/C10H18ClN3O2S/c1-7(6-17(4,15)16)12-5-9-8(2)13-14(3)10(9)11/h7,12H,5-6H2,1-4H3. The molecule has 0 saturated carbocycles. The van der Waals surface area contributed by atoms with Gasteiger partial charge in [0, 0.05) is 31.5 Å². The number of halogens is 1. The fourth-order valence-corrected chi connectivity index (χ4v) is 2.93. The number of hydrogen-bond donors (Lipinski definition) is 1. The molecule has 0 spiro atoms. The molecule has 0 fully saturated rings. The highest BCUT2D eigenvalue weighted by Crippen LogP contribution is 2.18. The third-order valence-corrected chi connectivity index (χ3v) is 4.03. The van der Waals surface area contributed by atoms with E-state index >= 15 is 0 Å². The molecule has 1 aromatic heterocycles. The summed E-state index contributed by atoms with van der Waals surface area (Å²) in [7, 11) is -1.18. The minimum atomic E-state index is -2.96. The smallest absolute Gasteiger partial charge is 0.148 e. The highest BCUT2D eigenvalue weighted by Gasteiger charge is 2.14. The van der Waals surface area contributed by atoms with Gasteiger partial charge in [-0.2, -0.15) is 5.10 Å². The van der Waals surface area contributed by atoms with Crippen molar-refractivity contribution >= 4 is 21.4 Å². The van der Waals surface area contributed by atoms with Gasteiger partial charge in [0.1, 0.15) is 15.0 Å². The number of nitrogens with zero attached hydrogens (tertiary/aromatic N) is 2. The van der Waals surface area contributed by atoms with E-state index < -0.39 is 9.84 Å². The topological polar surface area (TPSA) is 64.0 Å². The molecule has 0 bridgehead atoms. The van der Waals surface area contributed by atoms with E-state index in [0.29, 0.717) is 11.7 Å². The van der Waals surface area contributed by atoms with Crippen LogP contribution >= 0.6 is 11.6 Å². The van der Waals surface area contributed by atoms with E-state index in [2.05, 4.69) is 10.4 Å². The Morgan fingerprint density at radius 1 is 1.53 bits per heavy atom. The normalized spacial score (nSPS) is 13.9. The van der Waals surface area contributed by atoms with E-state index in [1.54, 1.807) is 11.7 Å². The third-order valence-electron chi connectivity index (χ3n) is 2.45. The Morgan fingerprint density at radius 3 is 2.53 bits per heavy atom. The molecule has 1 heterocycles. The Labute approximate surface area is 107 Å². The lowest BCUT2D eigenvalue weighted by Crippen LogP contribution is -2.32. The van der Waals surface area contributed by atoms with Crippen LogP contribution in [-0.2, 0) is 23.4 Å². The Morgan fingerprint density at radius 2 is 2.12 bits per heavy atom. The van der Waals surface area contributed by atoms with Gasteiger partial charge in [0.15, 0.2) is 0 Å². The van der Waals surface area contributed by atoms with Gasteiger partial charge in [0.2, 0.25) is 0 Å². The molecule has 0 saturated heterocycles. The summed E-state index contributed by atoms with van der Waals surface area (Å²) in [6.07, 6.45) is 1.23. The Balaban J connectivity index is 2.62. The van der Waals surface area contributed by atoms with E-state index in [-0.39, 0.29) is 11.8 Å². The maximum absolute atomic E-state index is 11.1. The average molecular weight is 280 g/mol. The van der Waals surface area contributed by atoms with Crippen LogP contribution in [0.3, 0.4) is 0 Å². The summed E-state index contributed by atoms with van der Waals surface area (Å²) in [5, 5.41) is 7.91. The van der Waals surface area contributed by atoms with Crippen molar-refractivity contribution in [2.75, 3.05) is 12.0 Å². The molecule has 0 amide bonds. The van der Waals surface area contributed by atoms with Gasteiger partial charge in [-0.1, -0.05) is 11.6 Å². The molecule has 0 radical (unpaired) electrons. The first-order valence-corrected chi connectivity index (χ1v) is 7.73. The molecule has 5 nitrogen and oxygen atoms in total. The van der Waals surface area contributed by atoms with E-state index in [1.807, 2.05) is 13.8 Å². The zero-order valence-electron chi connectivity index (χ0n) is 10.5. The van der Waals surface area contributed by atoms with Crippen LogP contribution in [0.1, 0.15) is 18.2 Å². The molecular weight excluding hydrogens is 262 g/mol. The molecule has 1 atom stereocenters. The highest BCUT2D eigenvalue weighted by atomic mass is 35.5. The van der Waals surface area contributed by atoms with Crippen LogP contribution in [0.2, 0.25) is 5.15 Å². The van der Waals surface area contributed by atoms with Crippen molar-refractivity contribution in [1.29, 1.82) is 0 Å². The van der Waals surface area contributed by atoms with Gasteiger partial charge in [-0.05, 0) is 13.8 Å². The van der Waals surface area contributed by atoms with Crippen molar-refractivity contribution in [3.8, 4) is 0 Å². The summed E-state index contributed by atoms with van der Waals surface area (Å²) in [5.41, 5.74) is 1.77. The van der Waals surface area contributed by atoms with E-state index in [9.17, 15) is 8.42 Å². The van der Waals surface area contributed by atoms with Gasteiger partial charge in [0.05, 0.1) is 11.4 Å².